The molecular weight excluding hydrogens is 420 g/mol. The fourth-order valence-corrected chi connectivity index (χ4v) is 6.64. The number of nitrogens with two attached hydrogens (primary N) is 1. The van der Waals surface area contributed by atoms with Crippen molar-refractivity contribution in [3.8, 4) is 0 Å². The number of nitrogens with one attached hydrogen (secondary N) is 3. The predicted octanol–water partition coefficient (Wildman–Crippen LogP) is 3.15. The van der Waals surface area contributed by atoms with Crippen LogP contribution in [0.25, 0.3) is 0 Å². The summed E-state index contributed by atoms with van der Waals surface area (Å²) in [5.41, 5.74) is 5.75. The van der Waals surface area contributed by atoms with E-state index in [0.717, 1.165) is 44.9 Å². The third-order valence-corrected chi connectivity index (χ3v) is 9.35. The molecule has 5 atom stereocenters. The Morgan fingerprint density at radius 3 is 2.27 bits per heavy atom. The molecule has 0 spiro atoms. The number of carbonyl (C=O) groups excluding carboxylic acids is 2. The third-order valence-electron chi connectivity index (χ3n) is 9.35. The number of carboxylic acid groups (broad SMARTS) is 1. The Balaban J connectivity index is 1.66. The standard InChI is InChI=1S/C25H44N4O4/c1-24(2)17-12-13-25(24,3)19(15-17)28-21(30)20(16-9-5-4-6-10-16)29-23(33)27-18(22(31)32)11-7-8-14-26/h16-20H,4-15,26H2,1-3H3,(H,28,30)(H,31,32)(H2,27,29,33)/t17-,18?,19+,20?,25+/m1/s1. The molecule has 2 unspecified atom stereocenters. The van der Waals surface area contributed by atoms with Gasteiger partial charge >= 0.3 is 12.0 Å². The highest BCUT2D eigenvalue weighted by Crippen LogP contribution is 2.65. The van der Waals surface area contributed by atoms with Crippen molar-refractivity contribution in [3.05, 3.63) is 0 Å². The molecule has 6 N–H and O–H groups in total. The number of amides is 3. The zero-order valence-corrected chi connectivity index (χ0v) is 20.6. The molecule has 3 amide bonds. The summed E-state index contributed by atoms with van der Waals surface area (Å²) >= 11 is 0. The van der Waals surface area contributed by atoms with Crippen molar-refractivity contribution in [2.24, 2.45) is 28.4 Å². The first-order valence-electron chi connectivity index (χ1n) is 12.9. The van der Waals surface area contributed by atoms with Crippen molar-refractivity contribution < 1.29 is 19.5 Å². The maximum Gasteiger partial charge on any atom is 0.326 e. The monoisotopic (exact) mass is 464 g/mol. The molecular formula is C25H44N4O4. The van der Waals surface area contributed by atoms with Gasteiger partial charge in [0, 0.05) is 6.04 Å². The van der Waals surface area contributed by atoms with Gasteiger partial charge in [-0.3, -0.25) is 4.79 Å². The summed E-state index contributed by atoms with van der Waals surface area (Å²) in [6.07, 6.45) is 9.99. The fraction of sp³-hybridized carbons (Fsp3) is 0.880. The van der Waals surface area contributed by atoms with Crippen LogP contribution in [-0.4, -0.2) is 47.7 Å². The second kappa shape index (κ2) is 10.6. The van der Waals surface area contributed by atoms with E-state index in [1.165, 1.54) is 6.42 Å². The van der Waals surface area contributed by atoms with E-state index in [4.69, 9.17) is 5.73 Å². The highest BCUT2D eigenvalue weighted by molar-refractivity contribution is 5.89. The summed E-state index contributed by atoms with van der Waals surface area (Å²) in [5.74, 6) is -0.508. The van der Waals surface area contributed by atoms with Gasteiger partial charge in [-0.1, -0.05) is 40.0 Å². The average molecular weight is 465 g/mol. The fourth-order valence-electron chi connectivity index (χ4n) is 6.64. The van der Waals surface area contributed by atoms with Crippen molar-refractivity contribution in [2.75, 3.05) is 6.54 Å². The number of urea groups is 1. The topological polar surface area (TPSA) is 134 Å². The molecule has 0 heterocycles. The molecule has 3 saturated carbocycles. The first-order valence-corrected chi connectivity index (χ1v) is 12.9. The van der Waals surface area contributed by atoms with Gasteiger partial charge in [-0.2, -0.15) is 0 Å². The lowest BCUT2D eigenvalue weighted by atomic mass is 9.69. The third kappa shape index (κ3) is 5.47. The first-order chi connectivity index (χ1) is 15.6. The second-order valence-electron chi connectivity index (χ2n) is 11.3. The molecule has 2 bridgehead atoms. The summed E-state index contributed by atoms with van der Waals surface area (Å²) in [5, 5.41) is 18.2. The smallest absolute Gasteiger partial charge is 0.326 e. The Morgan fingerprint density at radius 2 is 1.73 bits per heavy atom. The van der Waals surface area contributed by atoms with E-state index >= 15 is 0 Å². The lowest BCUT2D eigenvalue weighted by Crippen LogP contribution is -2.58. The van der Waals surface area contributed by atoms with Crippen LogP contribution in [0.3, 0.4) is 0 Å². The molecule has 8 nitrogen and oxygen atoms in total. The van der Waals surface area contributed by atoms with E-state index in [9.17, 15) is 19.5 Å². The largest absolute Gasteiger partial charge is 0.480 e. The van der Waals surface area contributed by atoms with Crippen LogP contribution in [0.15, 0.2) is 0 Å². The van der Waals surface area contributed by atoms with Gasteiger partial charge in [0.25, 0.3) is 0 Å². The van der Waals surface area contributed by atoms with Crippen LogP contribution in [0, 0.1) is 22.7 Å². The van der Waals surface area contributed by atoms with E-state index in [1.54, 1.807) is 0 Å². The maximum atomic E-state index is 13.5. The Morgan fingerprint density at radius 1 is 1.03 bits per heavy atom. The molecule has 3 fully saturated rings. The molecule has 0 aromatic heterocycles. The van der Waals surface area contributed by atoms with Crippen molar-refractivity contribution in [1.29, 1.82) is 0 Å². The summed E-state index contributed by atoms with van der Waals surface area (Å²) in [6.45, 7) is 7.41. The summed E-state index contributed by atoms with van der Waals surface area (Å²) < 4.78 is 0. The predicted molar refractivity (Wildman–Crippen MR) is 128 cm³/mol. The highest BCUT2D eigenvalue weighted by Gasteiger charge is 2.61. The van der Waals surface area contributed by atoms with Gasteiger partial charge in [0.1, 0.15) is 12.1 Å². The summed E-state index contributed by atoms with van der Waals surface area (Å²) in [4.78, 5) is 37.9. The SMILES string of the molecule is CC1(C)[C@@H]2CC[C@@]1(C)[C@@H](NC(=O)C(NC(=O)NC(CCCCN)C(=O)O)C1CCCCC1)C2. The average Bonchev–Trinajstić information content (AvgIpc) is 3.11. The number of rotatable bonds is 10. The Kier molecular flexibility index (Phi) is 8.30. The molecule has 0 aliphatic heterocycles. The quantitative estimate of drug-likeness (QED) is 0.317. The second-order valence-corrected chi connectivity index (χ2v) is 11.3. The number of unbranched alkanes of at least 4 members (excludes halogenated alkanes) is 1. The molecule has 3 aliphatic rings. The zero-order valence-electron chi connectivity index (χ0n) is 20.6. The summed E-state index contributed by atoms with van der Waals surface area (Å²) in [6, 6.07) is -2.11. The lowest BCUT2D eigenvalue weighted by molar-refractivity contribution is -0.139. The number of hydrogen-bond acceptors (Lipinski definition) is 4. The van der Waals surface area contributed by atoms with Gasteiger partial charge in [-0.05, 0) is 80.6 Å². The van der Waals surface area contributed by atoms with Crippen molar-refractivity contribution in [1.82, 2.24) is 16.0 Å². The minimum atomic E-state index is -1.07. The molecule has 0 saturated heterocycles. The summed E-state index contributed by atoms with van der Waals surface area (Å²) in [7, 11) is 0. The minimum absolute atomic E-state index is 0.0596. The van der Waals surface area contributed by atoms with Crippen molar-refractivity contribution >= 4 is 17.9 Å². The molecule has 8 heteroatoms. The van der Waals surface area contributed by atoms with E-state index in [0.29, 0.717) is 31.7 Å². The van der Waals surface area contributed by atoms with E-state index < -0.39 is 24.1 Å². The molecule has 33 heavy (non-hydrogen) atoms. The molecule has 0 radical (unpaired) electrons. The molecule has 0 aromatic rings. The zero-order chi connectivity index (χ0) is 24.2. The molecule has 0 aromatic carbocycles. The molecule has 3 aliphatic carbocycles. The minimum Gasteiger partial charge on any atom is -0.480 e. The lowest BCUT2D eigenvalue weighted by Gasteiger charge is -2.40. The Hall–Kier alpha value is -1.83. The van der Waals surface area contributed by atoms with Gasteiger partial charge in [0.2, 0.25) is 5.91 Å². The van der Waals surface area contributed by atoms with Gasteiger partial charge in [-0.25, -0.2) is 9.59 Å². The first kappa shape index (κ1) is 25.8. The van der Waals surface area contributed by atoms with Gasteiger partial charge in [0.05, 0.1) is 0 Å². The van der Waals surface area contributed by atoms with E-state index in [-0.39, 0.29) is 28.7 Å². The normalized spacial score (nSPS) is 30.4. The molecule has 188 valence electrons. The van der Waals surface area contributed by atoms with Crippen LogP contribution in [0.1, 0.15) is 91.4 Å². The van der Waals surface area contributed by atoms with Crippen LogP contribution in [0.2, 0.25) is 0 Å². The number of carbonyl (C=O) groups is 3. The Bertz CT molecular complexity index is 721. The van der Waals surface area contributed by atoms with E-state index in [2.05, 4.69) is 36.7 Å². The van der Waals surface area contributed by atoms with Gasteiger partial charge in [-0.15, -0.1) is 0 Å². The Labute approximate surface area is 198 Å². The highest BCUT2D eigenvalue weighted by atomic mass is 16.4. The molecule has 3 rings (SSSR count). The number of carboxylic acids is 1. The van der Waals surface area contributed by atoms with Crippen LogP contribution in [-0.2, 0) is 9.59 Å². The van der Waals surface area contributed by atoms with Crippen LogP contribution in [0.5, 0.6) is 0 Å². The number of fused-ring (bicyclic) bond motifs is 2. The number of hydrogen-bond donors (Lipinski definition) is 5. The van der Waals surface area contributed by atoms with Crippen LogP contribution < -0.4 is 21.7 Å². The van der Waals surface area contributed by atoms with Crippen molar-refractivity contribution in [2.45, 2.75) is 110 Å². The maximum absolute atomic E-state index is 13.5. The van der Waals surface area contributed by atoms with E-state index in [1.807, 2.05) is 0 Å². The van der Waals surface area contributed by atoms with Crippen molar-refractivity contribution in [3.63, 3.8) is 0 Å². The number of aliphatic carboxylic acids is 1. The van der Waals surface area contributed by atoms with Gasteiger partial charge in [0.15, 0.2) is 0 Å². The van der Waals surface area contributed by atoms with Crippen LogP contribution in [0.4, 0.5) is 4.79 Å². The van der Waals surface area contributed by atoms with Gasteiger partial charge < -0.3 is 26.8 Å². The van der Waals surface area contributed by atoms with Crippen LogP contribution >= 0.6 is 0 Å².